The van der Waals surface area contributed by atoms with E-state index in [1.807, 2.05) is 27.7 Å². The van der Waals surface area contributed by atoms with E-state index in [1.165, 1.54) is 0 Å². The van der Waals surface area contributed by atoms with Crippen molar-refractivity contribution in [3.63, 3.8) is 0 Å². The number of nitrogens with zero attached hydrogens (tertiary/aromatic N) is 1. The maximum atomic E-state index is 12.4. The van der Waals surface area contributed by atoms with Gasteiger partial charge in [-0.25, -0.2) is 0 Å². The van der Waals surface area contributed by atoms with Gasteiger partial charge in [0.05, 0.1) is 0 Å². The minimum atomic E-state index is -0.370. The van der Waals surface area contributed by atoms with Gasteiger partial charge in [-0.3, -0.25) is 9.59 Å². The van der Waals surface area contributed by atoms with Gasteiger partial charge in [-0.05, 0) is 33.6 Å². The third-order valence-corrected chi connectivity index (χ3v) is 3.71. The van der Waals surface area contributed by atoms with Crippen molar-refractivity contribution < 1.29 is 9.59 Å². The van der Waals surface area contributed by atoms with Gasteiger partial charge in [0.1, 0.15) is 12.1 Å². The van der Waals surface area contributed by atoms with Crippen LogP contribution in [0.4, 0.5) is 0 Å². The van der Waals surface area contributed by atoms with Gasteiger partial charge in [-0.1, -0.05) is 20.3 Å². The van der Waals surface area contributed by atoms with E-state index in [0.29, 0.717) is 6.42 Å². The van der Waals surface area contributed by atoms with Crippen LogP contribution in [0.2, 0.25) is 0 Å². The van der Waals surface area contributed by atoms with E-state index in [4.69, 9.17) is 0 Å². The molecule has 0 radical (unpaired) electrons. The van der Waals surface area contributed by atoms with E-state index in [1.54, 1.807) is 11.8 Å². The van der Waals surface area contributed by atoms with Crippen molar-refractivity contribution in [1.82, 2.24) is 10.2 Å². The number of hydrogen-bond acceptors (Lipinski definition) is 2. The molecule has 1 aliphatic heterocycles. The van der Waals surface area contributed by atoms with Crippen LogP contribution in [-0.4, -0.2) is 34.3 Å². The molecule has 4 nitrogen and oxygen atoms in total. The maximum Gasteiger partial charge on any atom is 0.246 e. The molecule has 0 bridgehead atoms. The van der Waals surface area contributed by atoms with Crippen molar-refractivity contribution in [3.05, 3.63) is 0 Å². The summed E-state index contributed by atoms with van der Waals surface area (Å²) in [7, 11) is 0. The summed E-state index contributed by atoms with van der Waals surface area (Å²) in [6.07, 6.45) is 2.45. The number of carbonyl (C=O) groups is 2. The van der Waals surface area contributed by atoms with Crippen LogP contribution in [0.5, 0.6) is 0 Å². The molecule has 98 valence electrons. The molecule has 2 unspecified atom stereocenters. The average molecular weight is 240 g/mol. The molecule has 0 aromatic heterocycles. The summed E-state index contributed by atoms with van der Waals surface area (Å²) in [6, 6.07) is -0.708. The number of carbonyl (C=O) groups excluding carboxylic acids is 2. The minimum absolute atomic E-state index is 0.0374. The normalized spacial score (nSPS) is 26.1. The van der Waals surface area contributed by atoms with Gasteiger partial charge in [-0.15, -0.1) is 0 Å². The van der Waals surface area contributed by atoms with Crippen LogP contribution in [0.3, 0.4) is 0 Å². The quantitative estimate of drug-likeness (QED) is 0.813. The maximum absolute atomic E-state index is 12.4. The van der Waals surface area contributed by atoms with Gasteiger partial charge >= 0.3 is 0 Å². The summed E-state index contributed by atoms with van der Waals surface area (Å²) in [5.74, 6) is 0.0235. The summed E-state index contributed by atoms with van der Waals surface area (Å²) in [5.41, 5.74) is -0.264. The van der Waals surface area contributed by atoms with Gasteiger partial charge < -0.3 is 10.2 Å². The molecule has 17 heavy (non-hydrogen) atoms. The topological polar surface area (TPSA) is 49.4 Å². The lowest BCUT2D eigenvalue weighted by molar-refractivity contribution is -0.155. The Labute approximate surface area is 104 Å². The molecule has 2 atom stereocenters. The fraction of sp³-hybridized carbons (Fsp3) is 0.846. The molecular weight excluding hydrogens is 216 g/mol. The Morgan fingerprint density at radius 2 is 1.88 bits per heavy atom. The lowest BCUT2D eigenvalue weighted by atomic mass is 9.92. The summed E-state index contributed by atoms with van der Waals surface area (Å²) < 4.78 is 0. The zero-order valence-electron chi connectivity index (χ0n) is 11.5. The Balaban J connectivity index is 2.99. The van der Waals surface area contributed by atoms with Crippen molar-refractivity contribution >= 4 is 11.8 Å². The molecule has 4 heteroatoms. The molecule has 0 aliphatic carbocycles. The SMILES string of the molecule is CCCC1NC(=O)C(C)N(C(C)(C)CC)C1=O. The zero-order chi connectivity index (χ0) is 13.2. The second kappa shape index (κ2) is 5.07. The molecule has 1 rings (SSSR count). The lowest BCUT2D eigenvalue weighted by Crippen LogP contribution is -2.67. The summed E-state index contributed by atoms with van der Waals surface area (Å²) in [4.78, 5) is 26.0. The Morgan fingerprint density at radius 1 is 1.29 bits per heavy atom. The second-order valence-corrected chi connectivity index (χ2v) is 5.40. The predicted octanol–water partition coefficient (Wildman–Crippen LogP) is 1.69. The van der Waals surface area contributed by atoms with Crippen molar-refractivity contribution in [2.75, 3.05) is 0 Å². The fourth-order valence-corrected chi connectivity index (χ4v) is 2.31. The van der Waals surface area contributed by atoms with Crippen molar-refractivity contribution in [1.29, 1.82) is 0 Å². The van der Waals surface area contributed by atoms with Gasteiger partial charge in [0.15, 0.2) is 0 Å². The standard InChI is InChI=1S/C13H24N2O2/c1-6-8-10-12(17)15(13(4,5)7-2)9(3)11(16)14-10/h9-10H,6-8H2,1-5H3,(H,14,16). The average Bonchev–Trinajstić information content (AvgIpc) is 2.26. The van der Waals surface area contributed by atoms with Crippen LogP contribution >= 0.6 is 0 Å². The number of nitrogens with one attached hydrogen (secondary N) is 1. The van der Waals surface area contributed by atoms with Crippen molar-refractivity contribution in [2.45, 2.75) is 71.5 Å². The van der Waals surface area contributed by atoms with E-state index >= 15 is 0 Å². The first-order chi connectivity index (χ1) is 7.85. The molecule has 1 saturated heterocycles. The molecule has 1 aliphatic rings. The van der Waals surface area contributed by atoms with E-state index in [9.17, 15) is 9.59 Å². The van der Waals surface area contributed by atoms with E-state index in [-0.39, 0.29) is 29.4 Å². The predicted molar refractivity (Wildman–Crippen MR) is 67.5 cm³/mol. The van der Waals surface area contributed by atoms with Gasteiger partial charge in [0.2, 0.25) is 11.8 Å². The van der Waals surface area contributed by atoms with Gasteiger partial charge in [0, 0.05) is 5.54 Å². The molecule has 0 spiro atoms. The van der Waals surface area contributed by atoms with E-state index < -0.39 is 0 Å². The Bertz CT molecular complexity index is 313. The molecule has 1 heterocycles. The highest BCUT2D eigenvalue weighted by molar-refractivity contribution is 5.97. The molecule has 0 aromatic rings. The highest BCUT2D eigenvalue weighted by Gasteiger charge is 2.43. The van der Waals surface area contributed by atoms with Crippen LogP contribution in [0, 0.1) is 0 Å². The van der Waals surface area contributed by atoms with Crippen molar-refractivity contribution in [3.8, 4) is 0 Å². The Hall–Kier alpha value is -1.06. The largest absolute Gasteiger partial charge is 0.343 e. The Kier molecular flexibility index (Phi) is 4.17. The van der Waals surface area contributed by atoms with Crippen molar-refractivity contribution in [2.24, 2.45) is 0 Å². The third-order valence-electron chi connectivity index (χ3n) is 3.71. The first-order valence-corrected chi connectivity index (χ1v) is 6.48. The number of amides is 2. The van der Waals surface area contributed by atoms with Crippen LogP contribution < -0.4 is 5.32 Å². The summed E-state index contributed by atoms with van der Waals surface area (Å²) >= 11 is 0. The molecule has 1 N–H and O–H groups in total. The first kappa shape index (κ1) is 14.0. The molecule has 0 aromatic carbocycles. The van der Waals surface area contributed by atoms with Gasteiger partial charge in [0.25, 0.3) is 0 Å². The Morgan fingerprint density at radius 3 is 2.35 bits per heavy atom. The molecule has 0 saturated carbocycles. The smallest absolute Gasteiger partial charge is 0.246 e. The molecule has 1 fully saturated rings. The van der Waals surface area contributed by atoms with Crippen LogP contribution in [0.15, 0.2) is 0 Å². The monoisotopic (exact) mass is 240 g/mol. The van der Waals surface area contributed by atoms with E-state index in [2.05, 4.69) is 5.32 Å². The lowest BCUT2D eigenvalue weighted by Gasteiger charge is -2.46. The summed E-state index contributed by atoms with van der Waals surface area (Å²) in [6.45, 7) is 9.90. The molecular formula is C13H24N2O2. The third kappa shape index (κ3) is 2.61. The first-order valence-electron chi connectivity index (χ1n) is 6.48. The number of piperazine rings is 1. The highest BCUT2D eigenvalue weighted by Crippen LogP contribution is 2.26. The van der Waals surface area contributed by atoms with Crippen LogP contribution in [0.1, 0.15) is 53.9 Å². The number of hydrogen-bond donors (Lipinski definition) is 1. The molecule has 2 amide bonds. The van der Waals surface area contributed by atoms with Crippen LogP contribution in [0.25, 0.3) is 0 Å². The number of rotatable bonds is 4. The zero-order valence-corrected chi connectivity index (χ0v) is 11.5. The second-order valence-electron chi connectivity index (χ2n) is 5.40. The van der Waals surface area contributed by atoms with Crippen LogP contribution in [-0.2, 0) is 9.59 Å². The van der Waals surface area contributed by atoms with E-state index in [0.717, 1.165) is 12.8 Å². The minimum Gasteiger partial charge on any atom is -0.343 e. The fourth-order valence-electron chi connectivity index (χ4n) is 2.31. The summed E-state index contributed by atoms with van der Waals surface area (Å²) in [5, 5.41) is 2.81. The highest BCUT2D eigenvalue weighted by atomic mass is 16.2. The van der Waals surface area contributed by atoms with Gasteiger partial charge in [-0.2, -0.15) is 0 Å².